The molecule has 2 aromatic rings. The van der Waals surface area contributed by atoms with E-state index in [0.29, 0.717) is 6.42 Å². The van der Waals surface area contributed by atoms with Gasteiger partial charge < -0.3 is 0 Å². The molecule has 1 heterocycles. The van der Waals surface area contributed by atoms with Gasteiger partial charge in [-0.05, 0) is 47.4 Å². The molecule has 2 rings (SSSR count). The van der Waals surface area contributed by atoms with Crippen LogP contribution in [0.4, 0.5) is 0 Å². The van der Waals surface area contributed by atoms with Crippen molar-refractivity contribution in [3.05, 3.63) is 34.2 Å². The van der Waals surface area contributed by atoms with Gasteiger partial charge in [-0.15, -0.1) is 11.3 Å². The maximum atomic E-state index is 8.71. The Morgan fingerprint density at radius 1 is 1.43 bits per heavy atom. The molecule has 0 saturated heterocycles. The molecule has 0 aliphatic heterocycles. The highest BCUT2D eigenvalue weighted by Crippen LogP contribution is 2.30. The fraction of sp³-hybridized carbons (Fsp3) is 0.250. The van der Waals surface area contributed by atoms with Crippen LogP contribution in [-0.4, -0.2) is 0 Å². The summed E-state index contributed by atoms with van der Waals surface area (Å²) in [6.07, 6.45) is 0.514. The SMILES string of the molecule is Cc1cc(CC#N)c(C)c2sccc12. The molecule has 1 nitrogen and oxygen atoms in total. The number of nitriles is 1. The number of fused-ring (bicyclic) bond motifs is 1. The summed E-state index contributed by atoms with van der Waals surface area (Å²) in [6.45, 7) is 4.21. The van der Waals surface area contributed by atoms with E-state index in [1.54, 1.807) is 11.3 Å². The van der Waals surface area contributed by atoms with Crippen molar-refractivity contribution in [2.75, 3.05) is 0 Å². The zero-order chi connectivity index (χ0) is 10.1. The Labute approximate surface area is 87.6 Å². The van der Waals surface area contributed by atoms with Crippen LogP contribution in [0, 0.1) is 25.2 Å². The minimum Gasteiger partial charge on any atom is -0.198 e. The molecule has 0 atom stereocenters. The van der Waals surface area contributed by atoms with E-state index in [2.05, 4.69) is 37.4 Å². The minimum absolute atomic E-state index is 0.514. The van der Waals surface area contributed by atoms with Crippen LogP contribution in [-0.2, 0) is 6.42 Å². The summed E-state index contributed by atoms with van der Waals surface area (Å²) in [6, 6.07) is 6.50. The third-order valence-electron chi connectivity index (χ3n) is 2.57. The van der Waals surface area contributed by atoms with Crippen molar-refractivity contribution in [1.29, 1.82) is 5.26 Å². The van der Waals surface area contributed by atoms with Gasteiger partial charge in [-0.1, -0.05) is 6.07 Å². The highest BCUT2D eigenvalue weighted by Gasteiger charge is 2.07. The number of benzene rings is 1. The van der Waals surface area contributed by atoms with Gasteiger partial charge in [-0.25, -0.2) is 0 Å². The summed E-state index contributed by atoms with van der Waals surface area (Å²) in [5.74, 6) is 0. The molecule has 0 fully saturated rings. The lowest BCUT2D eigenvalue weighted by Gasteiger charge is -2.05. The Hall–Kier alpha value is -1.33. The molecule has 0 radical (unpaired) electrons. The highest BCUT2D eigenvalue weighted by molar-refractivity contribution is 7.17. The summed E-state index contributed by atoms with van der Waals surface area (Å²) < 4.78 is 1.33. The molecule has 0 saturated carbocycles. The molecule has 0 amide bonds. The van der Waals surface area contributed by atoms with Gasteiger partial charge in [0.25, 0.3) is 0 Å². The smallest absolute Gasteiger partial charge is 0.0669 e. The number of hydrogen-bond donors (Lipinski definition) is 0. The summed E-state index contributed by atoms with van der Waals surface area (Å²) >= 11 is 1.76. The van der Waals surface area contributed by atoms with Gasteiger partial charge in [0.2, 0.25) is 0 Å². The molecule has 0 aliphatic rings. The second-order valence-electron chi connectivity index (χ2n) is 3.48. The third-order valence-corrected chi connectivity index (χ3v) is 3.61. The lowest BCUT2D eigenvalue weighted by Crippen LogP contribution is -1.89. The molecule has 1 aromatic carbocycles. The van der Waals surface area contributed by atoms with Crippen LogP contribution in [0.3, 0.4) is 0 Å². The summed E-state index contributed by atoms with van der Waals surface area (Å²) in [7, 11) is 0. The first kappa shape index (κ1) is 9.23. The van der Waals surface area contributed by atoms with Crippen molar-refractivity contribution >= 4 is 21.4 Å². The summed E-state index contributed by atoms with van der Waals surface area (Å²) in [5, 5.41) is 12.2. The Morgan fingerprint density at radius 2 is 2.21 bits per heavy atom. The van der Waals surface area contributed by atoms with E-state index < -0.39 is 0 Å². The molecule has 14 heavy (non-hydrogen) atoms. The van der Waals surface area contributed by atoms with E-state index in [1.165, 1.54) is 26.8 Å². The van der Waals surface area contributed by atoms with Crippen molar-refractivity contribution in [3.8, 4) is 6.07 Å². The second-order valence-corrected chi connectivity index (χ2v) is 4.39. The van der Waals surface area contributed by atoms with Gasteiger partial charge in [0.1, 0.15) is 0 Å². The fourth-order valence-corrected chi connectivity index (χ4v) is 2.78. The lowest BCUT2D eigenvalue weighted by atomic mass is 10.0. The van der Waals surface area contributed by atoms with Crippen molar-refractivity contribution in [1.82, 2.24) is 0 Å². The molecule has 0 spiro atoms. The van der Waals surface area contributed by atoms with Gasteiger partial charge in [-0.3, -0.25) is 0 Å². The molecule has 0 unspecified atom stereocenters. The molecular formula is C12H11NS. The molecule has 70 valence electrons. The molecule has 2 heteroatoms. The van der Waals surface area contributed by atoms with Crippen LogP contribution in [0.1, 0.15) is 16.7 Å². The van der Waals surface area contributed by atoms with Gasteiger partial charge in [0.15, 0.2) is 0 Å². The normalized spacial score (nSPS) is 10.4. The third kappa shape index (κ3) is 1.30. The van der Waals surface area contributed by atoms with Gasteiger partial charge >= 0.3 is 0 Å². The van der Waals surface area contributed by atoms with Crippen LogP contribution in [0.5, 0.6) is 0 Å². The lowest BCUT2D eigenvalue weighted by molar-refractivity contribution is 1.22. The predicted octanol–water partition coefficient (Wildman–Crippen LogP) is 3.58. The maximum Gasteiger partial charge on any atom is 0.0669 e. The van der Waals surface area contributed by atoms with E-state index in [-0.39, 0.29) is 0 Å². The topological polar surface area (TPSA) is 23.8 Å². The number of aryl methyl sites for hydroxylation is 2. The zero-order valence-electron chi connectivity index (χ0n) is 8.29. The van der Waals surface area contributed by atoms with Crippen LogP contribution in [0.2, 0.25) is 0 Å². The van der Waals surface area contributed by atoms with Gasteiger partial charge in [-0.2, -0.15) is 5.26 Å². The number of hydrogen-bond acceptors (Lipinski definition) is 2. The van der Waals surface area contributed by atoms with E-state index in [0.717, 1.165) is 0 Å². The van der Waals surface area contributed by atoms with Gasteiger partial charge in [0, 0.05) is 4.70 Å². The van der Waals surface area contributed by atoms with E-state index in [1.807, 2.05) is 0 Å². The number of nitrogens with zero attached hydrogens (tertiary/aromatic N) is 1. The number of thiophene rings is 1. The standard InChI is InChI=1S/C12H11NS/c1-8-7-10(3-5-13)9(2)12-11(8)4-6-14-12/h4,6-7H,3H2,1-2H3. The highest BCUT2D eigenvalue weighted by atomic mass is 32.1. The Kier molecular flexibility index (Phi) is 2.26. The average molecular weight is 201 g/mol. The van der Waals surface area contributed by atoms with E-state index >= 15 is 0 Å². The van der Waals surface area contributed by atoms with Crippen LogP contribution in [0.25, 0.3) is 10.1 Å². The van der Waals surface area contributed by atoms with Crippen molar-refractivity contribution in [2.45, 2.75) is 20.3 Å². The van der Waals surface area contributed by atoms with Crippen molar-refractivity contribution < 1.29 is 0 Å². The van der Waals surface area contributed by atoms with Gasteiger partial charge in [0.05, 0.1) is 12.5 Å². The quantitative estimate of drug-likeness (QED) is 0.691. The Balaban J connectivity index is 2.76. The van der Waals surface area contributed by atoms with E-state index in [4.69, 9.17) is 5.26 Å². The molecular weight excluding hydrogens is 190 g/mol. The van der Waals surface area contributed by atoms with E-state index in [9.17, 15) is 0 Å². The monoisotopic (exact) mass is 201 g/mol. The molecule has 1 aromatic heterocycles. The summed E-state index contributed by atoms with van der Waals surface area (Å²) in [5.41, 5.74) is 3.71. The average Bonchev–Trinajstić information content (AvgIpc) is 2.63. The fourth-order valence-electron chi connectivity index (χ4n) is 1.77. The molecule has 0 bridgehead atoms. The molecule has 0 N–H and O–H groups in total. The second kappa shape index (κ2) is 3.43. The first-order valence-electron chi connectivity index (χ1n) is 4.57. The largest absolute Gasteiger partial charge is 0.198 e. The Morgan fingerprint density at radius 3 is 2.93 bits per heavy atom. The first-order chi connectivity index (χ1) is 6.74. The Bertz CT molecular complexity index is 517. The number of rotatable bonds is 1. The van der Waals surface area contributed by atoms with Crippen LogP contribution >= 0.6 is 11.3 Å². The molecule has 0 aliphatic carbocycles. The minimum atomic E-state index is 0.514. The van der Waals surface area contributed by atoms with Crippen molar-refractivity contribution in [3.63, 3.8) is 0 Å². The van der Waals surface area contributed by atoms with Crippen LogP contribution < -0.4 is 0 Å². The first-order valence-corrected chi connectivity index (χ1v) is 5.45. The predicted molar refractivity (Wildman–Crippen MR) is 60.6 cm³/mol. The maximum absolute atomic E-state index is 8.71. The van der Waals surface area contributed by atoms with Crippen LogP contribution in [0.15, 0.2) is 17.5 Å². The van der Waals surface area contributed by atoms with Crippen molar-refractivity contribution in [2.24, 2.45) is 0 Å². The zero-order valence-corrected chi connectivity index (χ0v) is 9.11. The summed E-state index contributed by atoms with van der Waals surface area (Å²) in [4.78, 5) is 0.